The summed E-state index contributed by atoms with van der Waals surface area (Å²) >= 11 is 1.55. The predicted octanol–water partition coefficient (Wildman–Crippen LogP) is 2.09. The van der Waals surface area contributed by atoms with Crippen LogP contribution in [0.2, 0.25) is 0 Å². The van der Waals surface area contributed by atoms with Crippen LogP contribution in [0.25, 0.3) is 0 Å². The molecule has 116 valence electrons. The SMILES string of the molecule is CSCCC(NC(=O)CCOc1ccccc1C)C(=O)O. The molecule has 1 atom stereocenters. The van der Waals surface area contributed by atoms with Gasteiger partial charge in [-0.25, -0.2) is 4.79 Å². The first-order valence-electron chi connectivity index (χ1n) is 6.74. The van der Waals surface area contributed by atoms with Gasteiger partial charge in [-0.15, -0.1) is 0 Å². The normalized spacial score (nSPS) is 11.7. The third-order valence-corrected chi connectivity index (χ3v) is 3.57. The molecule has 2 N–H and O–H groups in total. The number of carboxylic acid groups (broad SMARTS) is 1. The van der Waals surface area contributed by atoms with Crippen molar-refractivity contribution >= 4 is 23.6 Å². The minimum atomic E-state index is -1.00. The molecular formula is C15H21NO4S. The van der Waals surface area contributed by atoms with E-state index in [0.717, 1.165) is 11.3 Å². The van der Waals surface area contributed by atoms with Gasteiger partial charge in [-0.05, 0) is 37.0 Å². The molecule has 0 spiro atoms. The van der Waals surface area contributed by atoms with E-state index in [9.17, 15) is 9.59 Å². The first kappa shape index (κ1) is 17.4. The van der Waals surface area contributed by atoms with Gasteiger partial charge in [-0.2, -0.15) is 11.8 Å². The highest BCUT2D eigenvalue weighted by Gasteiger charge is 2.19. The molecule has 21 heavy (non-hydrogen) atoms. The van der Waals surface area contributed by atoms with Crippen LogP contribution in [-0.2, 0) is 9.59 Å². The van der Waals surface area contributed by atoms with Gasteiger partial charge in [0.1, 0.15) is 11.8 Å². The maximum Gasteiger partial charge on any atom is 0.326 e. The Bertz CT molecular complexity index is 478. The molecule has 6 heteroatoms. The number of ether oxygens (including phenoxy) is 1. The number of rotatable bonds is 9. The largest absolute Gasteiger partial charge is 0.493 e. The number of amides is 1. The van der Waals surface area contributed by atoms with Crippen molar-refractivity contribution in [1.82, 2.24) is 5.32 Å². The molecule has 1 aromatic carbocycles. The summed E-state index contributed by atoms with van der Waals surface area (Å²) in [5, 5.41) is 11.6. The fourth-order valence-corrected chi connectivity index (χ4v) is 2.20. The predicted molar refractivity (Wildman–Crippen MR) is 83.9 cm³/mol. The average Bonchev–Trinajstić information content (AvgIpc) is 2.45. The van der Waals surface area contributed by atoms with E-state index in [1.807, 2.05) is 37.4 Å². The second-order valence-electron chi connectivity index (χ2n) is 4.60. The molecule has 0 saturated carbocycles. The number of carboxylic acids is 1. The Kier molecular flexibility index (Phi) is 7.68. The highest BCUT2D eigenvalue weighted by atomic mass is 32.2. The average molecular weight is 311 g/mol. The van der Waals surface area contributed by atoms with Crippen LogP contribution in [0.5, 0.6) is 5.75 Å². The van der Waals surface area contributed by atoms with E-state index in [-0.39, 0.29) is 18.9 Å². The van der Waals surface area contributed by atoms with Crippen LogP contribution in [0.4, 0.5) is 0 Å². The van der Waals surface area contributed by atoms with E-state index in [1.165, 1.54) is 0 Å². The van der Waals surface area contributed by atoms with Crippen LogP contribution in [0.3, 0.4) is 0 Å². The summed E-state index contributed by atoms with van der Waals surface area (Å²) in [6.45, 7) is 2.16. The Morgan fingerprint density at radius 1 is 1.38 bits per heavy atom. The number of carbonyl (C=O) groups is 2. The van der Waals surface area contributed by atoms with Gasteiger partial charge >= 0.3 is 5.97 Å². The Labute approximate surface area is 129 Å². The van der Waals surface area contributed by atoms with Crippen LogP contribution in [0, 0.1) is 6.92 Å². The summed E-state index contributed by atoms with van der Waals surface area (Å²) in [6, 6.07) is 6.72. The molecule has 0 bridgehead atoms. The van der Waals surface area contributed by atoms with Gasteiger partial charge in [0, 0.05) is 0 Å². The summed E-state index contributed by atoms with van der Waals surface area (Å²) in [7, 11) is 0. The number of para-hydroxylation sites is 1. The molecule has 0 fully saturated rings. The molecule has 5 nitrogen and oxygen atoms in total. The molecule has 0 radical (unpaired) electrons. The van der Waals surface area contributed by atoms with Gasteiger partial charge in [0.25, 0.3) is 0 Å². The van der Waals surface area contributed by atoms with Crippen molar-refractivity contribution in [2.75, 3.05) is 18.6 Å². The lowest BCUT2D eigenvalue weighted by Gasteiger charge is -2.14. The van der Waals surface area contributed by atoms with Gasteiger partial charge in [0.05, 0.1) is 13.0 Å². The zero-order valence-electron chi connectivity index (χ0n) is 12.3. The first-order valence-corrected chi connectivity index (χ1v) is 8.13. The van der Waals surface area contributed by atoms with E-state index in [4.69, 9.17) is 9.84 Å². The van der Waals surface area contributed by atoms with E-state index in [0.29, 0.717) is 12.2 Å². The number of hydrogen-bond acceptors (Lipinski definition) is 4. The zero-order chi connectivity index (χ0) is 15.7. The van der Waals surface area contributed by atoms with Crippen molar-refractivity contribution in [2.45, 2.75) is 25.8 Å². The number of benzene rings is 1. The maximum absolute atomic E-state index is 11.7. The lowest BCUT2D eigenvalue weighted by Crippen LogP contribution is -2.41. The Hall–Kier alpha value is -1.69. The second kappa shape index (κ2) is 9.28. The van der Waals surface area contributed by atoms with Crippen LogP contribution >= 0.6 is 11.8 Å². The van der Waals surface area contributed by atoms with Gasteiger partial charge in [0.15, 0.2) is 0 Å². The second-order valence-corrected chi connectivity index (χ2v) is 5.59. The van der Waals surface area contributed by atoms with E-state index < -0.39 is 12.0 Å². The highest BCUT2D eigenvalue weighted by Crippen LogP contribution is 2.16. The molecule has 0 heterocycles. The van der Waals surface area contributed by atoms with Crippen LogP contribution < -0.4 is 10.1 Å². The number of nitrogens with one attached hydrogen (secondary N) is 1. The van der Waals surface area contributed by atoms with E-state index >= 15 is 0 Å². The maximum atomic E-state index is 11.7. The summed E-state index contributed by atoms with van der Waals surface area (Å²) < 4.78 is 5.52. The van der Waals surface area contributed by atoms with E-state index in [2.05, 4.69) is 5.32 Å². The Morgan fingerprint density at radius 3 is 2.71 bits per heavy atom. The third-order valence-electron chi connectivity index (χ3n) is 2.92. The fraction of sp³-hybridized carbons (Fsp3) is 0.467. The van der Waals surface area contributed by atoms with Gasteiger partial charge in [0.2, 0.25) is 5.91 Å². The Morgan fingerprint density at radius 2 is 2.10 bits per heavy atom. The minimum Gasteiger partial charge on any atom is -0.493 e. The first-order chi connectivity index (χ1) is 10.0. The smallest absolute Gasteiger partial charge is 0.326 e. The molecule has 0 aliphatic rings. The number of aryl methyl sites for hydroxylation is 1. The minimum absolute atomic E-state index is 0.136. The van der Waals surface area contributed by atoms with Gasteiger partial charge in [-0.3, -0.25) is 4.79 Å². The van der Waals surface area contributed by atoms with Crippen LogP contribution in [-0.4, -0.2) is 41.6 Å². The lowest BCUT2D eigenvalue weighted by atomic mass is 10.2. The van der Waals surface area contributed by atoms with E-state index in [1.54, 1.807) is 11.8 Å². The molecule has 1 unspecified atom stereocenters. The molecule has 0 aliphatic carbocycles. The number of aliphatic carboxylic acids is 1. The summed E-state index contributed by atoms with van der Waals surface area (Å²) in [4.78, 5) is 22.8. The monoisotopic (exact) mass is 311 g/mol. The summed E-state index contributed by atoms with van der Waals surface area (Å²) in [6.07, 6.45) is 2.45. The van der Waals surface area contributed by atoms with Crippen molar-refractivity contribution in [3.63, 3.8) is 0 Å². The standard InChI is InChI=1S/C15H21NO4S/c1-11-5-3-4-6-13(11)20-9-7-14(17)16-12(15(18)19)8-10-21-2/h3-6,12H,7-10H2,1-2H3,(H,16,17)(H,18,19). The van der Waals surface area contributed by atoms with Crippen molar-refractivity contribution < 1.29 is 19.4 Å². The molecule has 0 aliphatic heterocycles. The topological polar surface area (TPSA) is 75.6 Å². The number of hydrogen-bond donors (Lipinski definition) is 2. The summed E-state index contributed by atoms with van der Waals surface area (Å²) in [5.74, 6) is 0.119. The lowest BCUT2D eigenvalue weighted by molar-refractivity contribution is -0.141. The Balaban J connectivity index is 2.36. The molecule has 1 aromatic rings. The molecule has 0 saturated heterocycles. The van der Waals surface area contributed by atoms with Crippen LogP contribution in [0.1, 0.15) is 18.4 Å². The molecule has 1 amide bonds. The molecule has 1 rings (SSSR count). The van der Waals surface area contributed by atoms with Crippen molar-refractivity contribution in [3.05, 3.63) is 29.8 Å². The zero-order valence-corrected chi connectivity index (χ0v) is 13.1. The van der Waals surface area contributed by atoms with Crippen molar-refractivity contribution in [2.24, 2.45) is 0 Å². The fourth-order valence-electron chi connectivity index (χ4n) is 1.73. The van der Waals surface area contributed by atoms with Crippen LogP contribution in [0.15, 0.2) is 24.3 Å². The molecular weight excluding hydrogens is 290 g/mol. The quantitative estimate of drug-likeness (QED) is 0.730. The van der Waals surface area contributed by atoms with Crippen molar-refractivity contribution in [3.8, 4) is 5.75 Å². The number of thioether (sulfide) groups is 1. The number of carbonyl (C=O) groups excluding carboxylic acids is 1. The van der Waals surface area contributed by atoms with Crippen molar-refractivity contribution in [1.29, 1.82) is 0 Å². The molecule has 0 aromatic heterocycles. The van der Waals surface area contributed by atoms with Gasteiger partial charge in [-0.1, -0.05) is 18.2 Å². The summed E-state index contributed by atoms with van der Waals surface area (Å²) in [5.41, 5.74) is 1.00. The van der Waals surface area contributed by atoms with Gasteiger partial charge < -0.3 is 15.2 Å². The highest BCUT2D eigenvalue weighted by molar-refractivity contribution is 7.98. The third kappa shape index (κ3) is 6.53.